The maximum absolute atomic E-state index is 12.8. The first-order valence-electron chi connectivity index (χ1n) is 10.9. The molecular weight excluding hydrogens is 439 g/mol. The van der Waals surface area contributed by atoms with Crippen molar-refractivity contribution in [2.75, 3.05) is 45.8 Å². The fraction of sp³-hybridized carbons (Fsp3) is 0.591. The average molecular weight is 469 g/mol. The quantitative estimate of drug-likeness (QED) is 0.720. The van der Waals surface area contributed by atoms with Gasteiger partial charge in [0.05, 0.1) is 22.2 Å². The predicted octanol–water partition coefficient (Wildman–Crippen LogP) is 2.66. The van der Waals surface area contributed by atoms with Crippen molar-refractivity contribution in [1.29, 1.82) is 0 Å². The standard InChI is InChI=1S/C22H30Cl2N4O3/c1-16(25-21(30)17-7-6-8-18(23)20(17)24)22(31)28-13-11-26(12-14-28)15-19(29)27-9-4-2-3-5-10-27/h6-8,16H,2-5,9-15H2,1H3,(H,25,30). The Kier molecular flexibility index (Phi) is 8.58. The lowest BCUT2D eigenvalue weighted by Gasteiger charge is -2.36. The highest BCUT2D eigenvalue weighted by Gasteiger charge is 2.28. The van der Waals surface area contributed by atoms with Crippen LogP contribution in [0.5, 0.6) is 0 Å². The van der Waals surface area contributed by atoms with Gasteiger partial charge < -0.3 is 15.1 Å². The molecule has 1 aromatic rings. The van der Waals surface area contributed by atoms with E-state index in [0.717, 1.165) is 25.9 Å². The van der Waals surface area contributed by atoms with Crippen LogP contribution in [0.2, 0.25) is 10.0 Å². The Bertz CT molecular complexity index is 804. The summed E-state index contributed by atoms with van der Waals surface area (Å²) in [4.78, 5) is 43.7. The van der Waals surface area contributed by atoms with Crippen molar-refractivity contribution in [3.8, 4) is 0 Å². The first-order chi connectivity index (χ1) is 14.9. The highest BCUT2D eigenvalue weighted by Crippen LogP contribution is 2.25. The van der Waals surface area contributed by atoms with E-state index in [0.29, 0.717) is 37.7 Å². The van der Waals surface area contributed by atoms with Crippen LogP contribution < -0.4 is 5.32 Å². The van der Waals surface area contributed by atoms with E-state index >= 15 is 0 Å². The maximum atomic E-state index is 12.8. The van der Waals surface area contributed by atoms with Crippen LogP contribution in [0, 0.1) is 0 Å². The van der Waals surface area contributed by atoms with Gasteiger partial charge in [0.15, 0.2) is 0 Å². The number of piperazine rings is 1. The topological polar surface area (TPSA) is 73.0 Å². The Morgan fingerprint density at radius 2 is 1.58 bits per heavy atom. The molecule has 1 unspecified atom stereocenters. The minimum Gasteiger partial charge on any atom is -0.342 e. The first-order valence-corrected chi connectivity index (χ1v) is 11.7. The SMILES string of the molecule is CC(NC(=O)c1cccc(Cl)c1Cl)C(=O)N1CCN(CC(=O)N2CCCCCC2)CC1. The van der Waals surface area contributed by atoms with Crippen LogP contribution >= 0.6 is 23.2 Å². The Morgan fingerprint density at radius 3 is 2.23 bits per heavy atom. The molecule has 2 aliphatic heterocycles. The summed E-state index contributed by atoms with van der Waals surface area (Å²) in [5, 5.41) is 3.17. The number of rotatable bonds is 5. The molecule has 0 aliphatic carbocycles. The summed E-state index contributed by atoms with van der Waals surface area (Å²) >= 11 is 12.1. The van der Waals surface area contributed by atoms with Crippen molar-refractivity contribution in [2.45, 2.75) is 38.6 Å². The molecule has 31 heavy (non-hydrogen) atoms. The Labute approximate surface area is 193 Å². The number of likely N-dealkylation sites (tertiary alicyclic amines) is 1. The fourth-order valence-corrected chi connectivity index (χ4v) is 4.41. The molecule has 9 heteroatoms. The molecule has 3 amide bonds. The second kappa shape index (κ2) is 11.2. The number of hydrogen-bond acceptors (Lipinski definition) is 4. The third-order valence-electron chi connectivity index (χ3n) is 5.92. The van der Waals surface area contributed by atoms with Gasteiger partial charge in [-0.05, 0) is 31.9 Å². The molecule has 1 atom stereocenters. The Balaban J connectivity index is 1.46. The molecule has 1 aromatic carbocycles. The van der Waals surface area contributed by atoms with Crippen LogP contribution in [0.25, 0.3) is 0 Å². The van der Waals surface area contributed by atoms with E-state index in [9.17, 15) is 14.4 Å². The van der Waals surface area contributed by atoms with Crippen molar-refractivity contribution in [3.05, 3.63) is 33.8 Å². The summed E-state index contributed by atoms with van der Waals surface area (Å²) in [6, 6.07) is 4.13. The van der Waals surface area contributed by atoms with E-state index in [1.54, 1.807) is 30.0 Å². The fourth-order valence-electron chi connectivity index (χ4n) is 4.03. The van der Waals surface area contributed by atoms with Crippen molar-refractivity contribution in [2.24, 2.45) is 0 Å². The molecule has 0 saturated carbocycles. The van der Waals surface area contributed by atoms with E-state index in [4.69, 9.17) is 23.2 Å². The van der Waals surface area contributed by atoms with Gasteiger partial charge in [-0.3, -0.25) is 19.3 Å². The number of benzene rings is 1. The predicted molar refractivity (Wildman–Crippen MR) is 121 cm³/mol. The lowest BCUT2D eigenvalue weighted by atomic mass is 10.2. The van der Waals surface area contributed by atoms with Crippen molar-refractivity contribution in [1.82, 2.24) is 20.0 Å². The molecule has 7 nitrogen and oxygen atoms in total. The summed E-state index contributed by atoms with van der Waals surface area (Å²) in [6.45, 7) is 6.12. The van der Waals surface area contributed by atoms with E-state index < -0.39 is 11.9 Å². The number of carbonyl (C=O) groups excluding carboxylic acids is 3. The number of nitrogens with one attached hydrogen (secondary N) is 1. The average Bonchev–Trinajstić information content (AvgIpc) is 3.05. The summed E-state index contributed by atoms with van der Waals surface area (Å²) in [7, 11) is 0. The van der Waals surface area contributed by atoms with Crippen molar-refractivity contribution in [3.63, 3.8) is 0 Å². The van der Waals surface area contributed by atoms with Crippen molar-refractivity contribution < 1.29 is 14.4 Å². The molecule has 1 N–H and O–H groups in total. The number of carbonyl (C=O) groups is 3. The van der Waals surface area contributed by atoms with Gasteiger partial charge in [-0.2, -0.15) is 0 Å². The zero-order chi connectivity index (χ0) is 22.4. The van der Waals surface area contributed by atoms with Gasteiger partial charge in [-0.25, -0.2) is 0 Å². The second-order valence-electron chi connectivity index (χ2n) is 8.19. The van der Waals surface area contributed by atoms with Gasteiger partial charge in [-0.15, -0.1) is 0 Å². The number of halogens is 2. The molecule has 0 spiro atoms. The summed E-state index contributed by atoms with van der Waals surface area (Å²) in [6.07, 6.45) is 4.56. The van der Waals surface area contributed by atoms with Crippen molar-refractivity contribution >= 4 is 40.9 Å². The normalized spacial score (nSPS) is 18.9. The Hall–Kier alpha value is -1.83. The first kappa shape index (κ1) is 23.8. The maximum Gasteiger partial charge on any atom is 0.253 e. The number of hydrogen-bond donors (Lipinski definition) is 1. The van der Waals surface area contributed by atoms with Gasteiger partial charge in [-0.1, -0.05) is 42.1 Å². The lowest BCUT2D eigenvalue weighted by molar-refractivity contribution is -0.136. The minimum atomic E-state index is -0.687. The van der Waals surface area contributed by atoms with Crippen LogP contribution in [0.4, 0.5) is 0 Å². The third kappa shape index (κ3) is 6.34. The lowest BCUT2D eigenvalue weighted by Crippen LogP contribution is -2.55. The van der Waals surface area contributed by atoms with E-state index in [2.05, 4.69) is 10.2 Å². The van der Waals surface area contributed by atoms with Gasteiger partial charge in [0.1, 0.15) is 6.04 Å². The van der Waals surface area contributed by atoms with Crippen LogP contribution in [-0.4, -0.2) is 84.3 Å². The monoisotopic (exact) mass is 468 g/mol. The highest BCUT2D eigenvalue weighted by atomic mass is 35.5. The summed E-state index contributed by atoms with van der Waals surface area (Å²) in [5.74, 6) is -0.402. The Morgan fingerprint density at radius 1 is 0.935 bits per heavy atom. The molecule has 2 saturated heterocycles. The van der Waals surface area contributed by atoms with Crippen LogP contribution in [0.15, 0.2) is 18.2 Å². The molecule has 0 radical (unpaired) electrons. The molecule has 3 rings (SSSR count). The minimum absolute atomic E-state index is 0.148. The third-order valence-corrected chi connectivity index (χ3v) is 6.73. The molecule has 2 fully saturated rings. The van der Waals surface area contributed by atoms with Crippen LogP contribution in [0.3, 0.4) is 0 Å². The molecule has 170 valence electrons. The molecule has 0 aromatic heterocycles. The molecule has 2 aliphatic rings. The second-order valence-corrected chi connectivity index (χ2v) is 8.98. The van der Waals surface area contributed by atoms with E-state index in [1.807, 2.05) is 4.90 Å². The van der Waals surface area contributed by atoms with Gasteiger partial charge in [0.2, 0.25) is 11.8 Å². The highest BCUT2D eigenvalue weighted by molar-refractivity contribution is 6.43. The zero-order valence-electron chi connectivity index (χ0n) is 17.9. The number of amides is 3. The van der Waals surface area contributed by atoms with Gasteiger partial charge in [0, 0.05) is 39.3 Å². The summed E-state index contributed by atoms with van der Waals surface area (Å²) in [5.41, 5.74) is 0.241. The number of nitrogens with zero attached hydrogens (tertiary/aromatic N) is 3. The van der Waals surface area contributed by atoms with E-state index in [-0.39, 0.29) is 22.4 Å². The smallest absolute Gasteiger partial charge is 0.253 e. The van der Waals surface area contributed by atoms with Crippen LogP contribution in [0.1, 0.15) is 43.0 Å². The van der Waals surface area contributed by atoms with Crippen LogP contribution in [-0.2, 0) is 9.59 Å². The molecular formula is C22H30Cl2N4O3. The van der Waals surface area contributed by atoms with E-state index in [1.165, 1.54) is 12.8 Å². The molecule has 0 bridgehead atoms. The zero-order valence-corrected chi connectivity index (χ0v) is 19.4. The summed E-state index contributed by atoms with van der Waals surface area (Å²) < 4.78 is 0. The van der Waals surface area contributed by atoms with Gasteiger partial charge >= 0.3 is 0 Å². The molecule has 2 heterocycles. The largest absolute Gasteiger partial charge is 0.342 e. The van der Waals surface area contributed by atoms with Gasteiger partial charge in [0.25, 0.3) is 5.91 Å².